The van der Waals surface area contributed by atoms with Crippen LogP contribution < -0.4 is 0 Å². The molecular formula is C4HF7S. The average Bonchev–Trinajstić information content (AvgIpc) is 1.83. The molecule has 0 heterocycles. The Kier molecular flexibility index (Phi) is 3.05. The normalized spacial score (nSPS) is 13.7. The fraction of sp³-hybridized carbons (Fsp3) is 0.750. The van der Waals surface area contributed by atoms with Crippen LogP contribution in [-0.2, 0) is 0 Å². The third-order valence-corrected chi connectivity index (χ3v) is 1.34. The Labute approximate surface area is 67.4 Å². The molecule has 8 heteroatoms. The van der Waals surface area contributed by atoms with Crippen molar-refractivity contribution < 1.29 is 30.7 Å². The smallest absolute Gasteiger partial charge is 0.203 e. The molecule has 0 rings (SSSR count). The second-order valence-electron chi connectivity index (χ2n) is 1.75. The van der Waals surface area contributed by atoms with Crippen LogP contribution in [0, 0.1) is 0 Å². The van der Waals surface area contributed by atoms with Gasteiger partial charge in [-0.2, -0.15) is 22.0 Å². The van der Waals surface area contributed by atoms with E-state index in [1.54, 1.807) is 0 Å². The maximum atomic E-state index is 11.8. The molecule has 0 unspecified atom stereocenters. The molecule has 0 aromatic carbocycles. The quantitative estimate of drug-likeness (QED) is 0.503. The average molecular weight is 214 g/mol. The van der Waals surface area contributed by atoms with Crippen molar-refractivity contribution in [3.05, 3.63) is 0 Å². The van der Waals surface area contributed by atoms with Crippen LogP contribution in [0.15, 0.2) is 0 Å². The van der Waals surface area contributed by atoms with E-state index >= 15 is 0 Å². The first-order valence-electron chi connectivity index (χ1n) is 2.37. The van der Waals surface area contributed by atoms with Crippen molar-refractivity contribution in [2.45, 2.75) is 18.5 Å². The first-order chi connectivity index (χ1) is 5.10. The molecule has 12 heavy (non-hydrogen) atoms. The largest absolute Gasteiger partial charge is 0.428 e. The minimum absolute atomic E-state index is 2.90. The third kappa shape index (κ3) is 2.29. The molecule has 0 aliphatic heterocycles. The summed E-state index contributed by atoms with van der Waals surface area (Å²) in [5.41, 5.74) is 0. The highest BCUT2D eigenvalue weighted by Gasteiger charge is 2.56. The van der Waals surface area contributed by atoms with Crippen LogP contribution in [0.3, 0.4) is 0 Å². The molecule has 0 aliphatic rings. The highest BCUT2D eigenvalue weighted by molar-refractivity contribution is 7.80. The van der Waals surface area contributed by atoms with Crippen molar-refractivity contribution in [1.29, 1.82) is 0 Å². The first-order valence-corrected chi connectivity index (χ1v) is 2.78. The van der Waals surface area contributed by atoms with Crippen LogP contribution in [0.2, 0.25) is 0 Å². The van der Waals surface area contributed by atoms with Crippen molar-refractivity contribution in [3.63, 3.8) is 0 Å². The second-order valence-corrected chi connectivity index (χ2v) is 2.16. The van der Waals surface area contributed by atoms with E-state index < -0.39 is 23.4 Å². The van der Waals surface area contributed by atoms with E-state index in [-0.39, 0.29) is 0 Å². The summed E-state index contributed by atoms with van der Waals surface area (Å²) in [5, 5.41) is 0. The minimum atomic E-state index is -5.57. The topological polar surface area (TPSA) is 0 Å². The summed E-state index contributed by atoms with van der Waals surface area (Å²) >= 11 is 3.15. The second kappa shape index (κ2) is 3.15. The lowest BCUT2D eigenvalue weighted by molar-refractivity contribution is -0.115. The molecule has 0 N–H and O–H groups in total. The summed E-state index contributed by atoms with van der Waals surface area (Å²) in [6.07, 6.45) is -10.0. The van der Waals surface area contributed by atoms with Gasteiger partial charge >= 0.3 is 18.5 Å². The van der Waals surface area contributed by atoms with Gasteiger partial charge in [-0.05, 0) is 0 Å². The van der Waals surface area contributed by atoms with Crippen LogP contribution in [-0.4, -0.2) is 23.4 Å². The number of rotatable bonds is 2. The molecule has 72 valence electrons. The Morgan fingerprint density at radius 2 is 1.33 bits per heavy atom. The van der Waals surface area contributed by atoms with E-state index in [9.17, 15) is 30.7 Å². The van der Waals surface area contributed by atoms with Crippen molar-refractivity contribution in [3.8, 4) is 0 Å². The predicted molar refractivity (Wildman–Crippen MR) is 29.6 cm³/mol. The lowest BCUT2D eigenvalue weighted by Gasteiger charge is -2.17. The Balaban J connectivity index is 4.70. The van der Waals surface area contributed by atoms with Gasteiger partial charge in [0.05, 0.1) is 0 Å². The molecule has 0 aliphatic carbocycles. The third-order valence-electron chi connectivity index (χ3n) is 0.834. The van der Waals surface area contributed by atoms with E-state index in [2.05, 4.69) is 12.2 Å². The zero-order chi connectivity index (χ0) is 10.2. The van der Waals surface area contributed by atoms with Gasteiger partial charge in [0, 0.05) is 0 Å². The van der Waals surface area contributed by atoms with Gasteiger partial charge in [-0.3, -0.25) is 0 Å². The van der Waals surface area contributed by atoms with Gasteiger partial charge in [-0.25, -0.2) is 8.78 Å². The lowest BCUT2D eigenvalue weighted by atomic mass is 10.2. The Bertz CT molecular complexity index is 180. The van der Waals surface area contributed by atoms with E-state index in [1.807, 2.05) is 0 Å². The molecule has 0 aromatic rings. The standard InChI is InChI=1S/C4HF7S/c5-2(6)3(7,8)1(12)4(9,10)11/h2H. The summed E-state index contributed by atoms with van der Waals surface area (Å²) in [4.78, 5) is -2.90. The van der Waals surface area contributed by atoms with E-state index in [0.717, 1.165) is 0 Å². The van der Waals surface area contributed by atoms with Crippen molar-refractivity contribution in [1.82, 2.24) is 0 Å². The van der Waals surface area contributed by atoms with Crippen LogP contribution >= 0.6 is 12.2 Å². The van der Waals surface area contributed by atoms with Gasteiger partial charge in [-0.1, -0.05) is 12.2 Å². The van der Waals surface area contributed by atoms with E-state index in [4.69, 9.17) is 0 Å². The zero-order valence-corrected chi connectivity index (χ0v) is 5.95. The maximum Gasteiger partial charge on any atom is 0.428 e. The molecule has 0 saturated carbocycles. The fourth-order valence-electron chi connectivity index (χ4n) is 0.288. The van der Waals surface area contributed by atoms with Gasteiger partial charge < -0.3 is 0 Å². The molecule has 0 radical (unpaired) electrons. The molecule has 0 amide bonds. The summed E-state index contributed by atoms with van der Waals surface area (Å²) in [7, 11) is 0. The predicted octanol–water partition coefficient (Wildman–Crippen LogP) is 2.82. The molecule has 0 atom stereocenters. The van der Waals surface area contributed by atoms with E-state index in [1.165, 1.54) is 0 Å². The van der Waals surface area contributed by atoms with Crippen molar-refractivity contribution in [2.24, 2.45) is 0 Å². The van der Waals surface area contributed by atoms with Crippen molar-refractivity contribution >= 4 is 17.1 Å². The van der Waals surface area contributed by atoms with Crippen LogP contribution in [0.25, 0.3) is 0 Å². The summed E-state index contributed by atoms with van der Waals surface area (Å²) < 4.78 is 80.2. The highest BCUT2D eigenvalue weighted by atomic mass is 32.1. The number of halogens is 7. The monoisotopic (exact) mass is 214 g/mol. The summed E-state index contributed by atoms with van der Waals surface area (Å²) in [6, 6.07) is 0. The molecule has 0 aromatic heterocycles. The molecule has 0 spiro atoms. The molecule has 0 bridgehead atoms. The van der Waals surface area contributed by atoms with Crippen molar-refractivity contribution in [2.75, 3.05) is 0 Å². The fourth-order valence-corrected chi connectivity index (χ4v) is 0.377. The number of hydrogen-bond donors (Lipinski definition) is 0. The van der Waals surface area contributed by atoms with E-state index in [0.29, 0.717) is 0 Å². The number of alkyl halides is 7. The SMILES string of the molecule is FC(F)C(F)(F)C(=S)C(F)(F)F. The zero-order valence-electron chi connectivity index (χ0n) is 5.13. The molecule has 0 saturated heterocycles. The Hall–Kier alpha value is -0.400. The van der Waals surface area contributed by atoms with Gasteiger partial charge in [0.1, 0.15) is 0 Å². The van der Waals surface area contributed by atoms with Crippen LogP contribution in [0.5, 0.6) is 0 Å². The number of thiocarbonyl (C=S) groups is 1. The van der Waals surface area contributed by atoms with Crippen LogP contribution in [0.4, 0.5) is 30.7 Å². The van der Waals surface area contributed by atoms with Gasteiger partial charge in [0.25, 0.3) is 0 Å². The minimum Gasteiger partial charge on any atom is -0.203 e. The number of hydrogen-bond acceptors (Lipinski definition) is 1. The maximum absolute atomic E-state index is 11.8. The summed E-state index contributed by atoms with van der Waals surface area (Å²) in [6.45, 7) is 0. The molecular weight excluding hydrogens is 213 g/mol. The highest BCUT2D eigenvalue weighted by Crippen LogP contribution is 2.33. The molecule has 0 fully saturated rings. The van der Waals surface area contributed by atoms with Gasteiger partial charge in [0.2, 0.25) is 0 Å². The Morgan fingerprint density at radius 1 is 1.00 bits per heavy atom. The summed E-state index contributed by atoms with van der Waals surface area (Å²) in [5.74, 6) is -5.28. The molecule has 0 nitrogen and oxygen atoms in total. The Morgan fingerprint density at radius 3 is 1.42 bits per heavy atom. The van der Waals surface area contributed by atoms with Gasteiger partial charge in [0.15, 0.2) is 4.86 Å². The lowest BCUT2D eigenvalue weighted by Crippen LogP contribution is -2.43. The van der Waals surface area contributed by atoms with Gasteiger partial charge in [-0.15, -0.1) is 0 Å². The van der Waals surface area contributed by atoms with Crippen LogP contribution in [0.1, 0.15) is 0 Å². The first kappa shape index (κ1) is 11.6.